The number of nitrogens with one attached hydrogen (secondary N) is 1. The molecule has 0 aliphatic carbocycles. The summed E-state index contributed by atoms with van der Waals surface area (Å²) in [6, 6.07) is 31.3. The van der Waals surface area contributed by atoms with Gasteiger partial charge in [0.2, 0.25) is 0 Å². The monoisotopic (exact) mass is 2790 g/mol. The molecule has 0 spiro atoms. The van der Waals surface area contributed by atoms with Crippen LogP contribution in [-0.2, 0) is 143 Å². The van der Waals surface area contributed by atoms with Crippen molar-refractivity contribution < 1.29 is 370 Å². The van der Waals surface area contributed by atoms with Gasteiger partial charge >= 0.3 is 233 Å². The van der Waals surface area contributed by atoms with E-state index in [0.717, 1.165) is 110 Å². The van der Waals surface area contributed by atoms with Gasteiger partial charge in [0, 0.05) is 142 Å². The molecule has 3 N–H and O–H groups in total. The van der Waals surface area contributed by atoms with E-state index in [-0.39, 0.29) is 380 Å². The Labute approximate surface area is 806 Å². The number of halogens is 2. The minimum Gasteiger partial charge on any atom is -0.665 e. The fourth-order valence-corrected chi connectivity index (χ4v) is 6.95. The molecule has 4 aromatic rings. The van der Waals surface area contributed by atoms with E-state index in [1.807, 2.05) is 60.7 Å². The van der Waals surface area contributed by atoms with Gasteiger partial charge in [-0.15, -0.1) is 25.2 Å². The summed E-state index contributed by atoms with van der Waals surface area (Å²) in [5.74, 6) is 2.82. The number of carbonyl (C=O) groups excluding carboxylic acids is 4. The van der Waals surface area contributed by atoms with E-state index in [4.69, 9.17) is 67.1 Å². The molecule has 11 radical (unpaired) electrons. The number of rotatable bonds is 15. The standard InChI is InChI=1S/C13H15N2O2.C12H13N2O2.C11H15N2O.C11H14N2O.C2H2ClO.CClO.2CH4.3CH3.B6.4Rb.4Rf.3Y/c16-7-8-17-13-3-1-11(2-4-13)9-12-10-14-5-6-15-12;15-9-16-12-3-1-10(2-4-12)7-11-8-13-5-6-14-11;2*14-11-3-1-9(2-4-11)7-10-8-12-5-6-13-10;3-1-2-4;2-1-3;;;;;;1-5(2)6(3)4;;;;;;;;;;;/h1-4,12H,5-6,8-10H2;1-4,11H,5-8H2;1-4,10,13-14H,5-8H2;1-4,10,14H,5-8H2;1H2;;2*1H4;3*1H3;;;;;;;;;;;;/q2*-3;-1;-2;2*-1;;;3*-1;;4*+1;;;;;;;/t12-;11-;2*10-;;;;;;;;;;;;;;;;;;;/m1111.................../s1. The quantitative estimate of drug-likeness (QED) is 0.0455. The summed E-state index contributed by atoms with van der Waals surface area (Å²) in [5, 5.41) is 52.6. The van der Waals surface area contributed by atoms with Crippen molar-refractivity contribution in [1.29, 1.82) is 0 Å². The van der Waals surface area contributed by atoms with E-state index in [2.05, 4.69) is 58.9 Å². The van der Waals surface area contributed by atoms with Crippen LogP contribution in [0.2, 0.25) is 0 Å². The van der Waals surface area contributed by atoms with Gasteiger partial charge in [-0.05, 0) is 104 Å². The summed E-state index contributed by atoms with van der Waals surface area (Å²) >= 11 is 8.96. The number of phenols is 2. The van der Waals surface area contributed by atoms with Crippen molar-refractivity contribution in [2.24, 2.45) is 0 Å². The number of hydrogen-bond acceptors (Lipinski definition) is 9. The average Bonchev–Trinajstić information content (AvgIpc) is 3.43. The fraction of sp³-hybridized carbons (Fsp3) is 0.436. The summed E-state index contributed by atoms with van der Waals surface area (Å²) in [4.78, 5) is 37.4. The Hall–Kier alpha value is 1.94. The maximum atomic E-state index is 10.0. The number of nitrogens with zero attached hydrogens (tertiary/aromatic N) is 7. The van der Waals surface area contributed by atoms with Gasteiger partial charge in [0.25, 0.3) is 0 Å². The van der Waals surface area contributed by atoms with Crippen molar-refractivity contribution >= 4 is 91.7 Å². The molecular formula is C55H76B6Cl2N8O8Rb4Rf4Y3-10. The van der Waals surface area contributed by atoms with Gasteiger partial charge in [-0.2, -0.15) is 94.4 Å². The third kappa shape index (κ3) is 68.5. The first-order valence-corrected chi connectivity index (χ1v) is 24.8. The molecule has 4 fully saturated rings. The summed E-state index contributed by atoms with van der Waals surface area (Å²) in [5.41, 5.74) is 4.87. The number of benzene rings is 4. The van der Waals surface area contributed by atoms with Crippen LogP contribution >= 0.6 is 23.2 Å². The molecule has 0 aromatic heterocycles. The van der Waals surface area contributed by atoms with E-state index in [1.165, 1.54) is 35.0 Å². The molecule has 0 saturated carbocycles. The Kier molecular flexibility index (Phi) is 124. The summed E-state index contributed by atoms with van der Waals surface area (Å²) < 4.78 is 9.74. The Morgan fingerprint density at radius 2 is 0.800 bits per heavy atom. The predicted octanol–water partition coefficient (Wildman–Crippen LogP) is -4.03. The molecule has 35 heteroatoms. The maximum Gasteiger partial charge on any atom is 1.00 e. The SMILES string of the molecule is C.C.O=[C-]CCl.O=[C-]COc1ccc(C[C@@H]2C[N-]CC[N-]2)cc1.O=[C-]Cl.O=[C-]Oc1ccc(C[C@@H]2C[N-]CC[N-]2)cc1.Oc1ccc(C[C@@H]2C[N-]CCN2)cc1.Oc1ccc(C[C@@H]2C[N-]CC[N-]2)cc1.[B]B([B])B([B])[B].[CH3-].[CH3-].[CH3-].[Rb+].[Rb+].[Rb+].[Rb+].[Rf].[Rf].[Rf].[Rf].[Y].[Y].[Y]. The summed E-state index contributed by atoms with van der Waals surface area (Å²) in [6.45, 7) is 11.9. The molecular weight excluding hydrogens is 2710 g/mol. The van der Waals surface area contributed by atoms with E-state index < -0.39 is 12.8 Å². The van der Waals surface area contributed by atoms with Gasteiger partial charge in [-0.1, -0.05) is 74.8 Å². The van der Waals surface area contributed by atoms with Crippen molar-refractivity contribution in [2.75, 3.05) is 91.0 Å². The van der Waals surface area contributed by atoms with Crippen molar-refractivity contribution in [1.82, 2.24) is 5.32 Å². The molecule has 0 unspecified atom stereocenters. The van der Waals surface area contributed by atoms with Gasteiger partial charge in [0.15, 0.2) is 6.47 Å². The van der Waals surface area contributed by atoms with Crippen molar-refractivity contribution in [3.8, 4) is 23.0 Å². The molecule has 4 aliphatic rings. The van der Waals surface area contributed by atoms with Gasteiger partial charge in [0.05, 0.1) is 0 Å². The largest absolute Gasteiger partial charge is 1.00 e. The number of hydrogen-bond donors (Lipinski definition) is 3. The molecule has 4 saturated heterocycles. The van der Waals surface area contributed by atoms with Crippen molar-refractivity contribution in [3.63, 3.8) is 0 Å². The fourth-order valence-electron chi connectivity index (χ4n) is 6.95. The summed E-state index contributed by atoms with van der Waals surface area (Å²) in [7, 11) is 19.9. The molecule has 8 rings (SSSR count). The van der Waals surface area contributed by atoms with Gasteiger partial charge in [-0.3, -0.25) is 0 Å². The molecule has 4 heterocycles. The number of ether oxygens (including phenoxy) is 2. The van der Waals surface area contributed by atoms with Gasteiger partial charge in [-0.25, -0.2) is 12.6 Å². The van der Waals surface area contributed by atoms with E-state index in [9.17, 15) is 9.59 Å². The van der Waals surface area contributed by atoms with Crippen LogP contribution in [0.15, 0.2) is 97.1 Å². The minimum absolute atomic E-state index is 0. The van der Waals surface area contributed by atoms with Gasteiger partial charge < -0.3 is 115 Å². The molecule has 0 bridgehead atoms. The van der Waals surface area contributed by atoms with Crippen LogP contribution < -0.4 is 248 Å². The maximum absolute atomic E-state index is 10.0. The minimum atomic E-state index is -0.593. The predicted molar refractivity (Wildman–Crippen MR) is 337 cm³/mol. The third-order valence-corrected chi connectivity index (χ3v) is 10.7. The van der Waals surface area contributed by atoms with E-state index in [0.29, 0.717) is 47.2 Å². The normalized spacial score (nSPS) is 15.2. The first-order valence-electron chi connectivity index (χ1n) is 23.9. The number of phenolic OH excluding ortho intramolecular Hbond substituents is 2. The number of piperazine rings is 4. The molecule has 0 amide bonds. The molecule has 16 nitrogen and oxygen atoms in total. The van der Waals surface area contributed by atoms with E-state index >= 15 is 0 Å². The first-order chi connectivity index (χ1) is 35.9. The van der Waals surface area contributed by atoms with Crippen LogP contribution in [0.3, 0.4) is 0 Å². The zero-order chi connectivity index (χ0) is 54.0. The molecule has 447 valence electrons. The zero-order valence-corrected chi connectivity index (χ0v) is 108. The van der Waals surface area contributed by atoms with Crippen molar-refractivity contribution in [2.45, 2.75) is 64.7 Å². The number of alkyl halides is 1. The molecule has 4 atom stereocenters. The smallest absolute Gasteiger partial charge is 0.665 e. The van der Waals surface area contributed by atoms with Crippen LogP contribution in [0.1, 0.15) is 37.1 Å². The average molecular weight is 2790 g/mol. The van der Waals surface area contributed by atoms with Crippen molar-refractivity contribution in [3.05, 3.63) is 179 Å². The second-order valence-corrected chi connectivity index (χ2v) is 16.8. The molecule has 4 aromatic carbocycles. The Morgan fingerprint density at radius 1 is 0.500 bits per heavy atom. The Morgan fingerprint density at radius 3 is 1.06 bits per heavy atom. The third-order valence-electron chi connectivity index (χ3n) is 10.6. The van der Waals surface area contributed by atoms with Crippen LogP contribution in [0.25, 0.3) is 37.2 Å². The van der Waals surface area contributed by atoms with Crippen LogP contribution in [-0.4, -0.2) is 194 Å². The van der Waals surface area contributed by atoms with Crippen LogP contribution in [0.5, 0.6) is 23.0 Å². The number of aromatic hydroxyl groups is 2. The van der Waals surface area contributed by atoms with Gasteiger partial charge in [0.1, 0.15) is 17.2 Å². The van der Waals surface area contributed by atoms with E-state index in [1.54, 1.807) is 42.7 Å². The van der Waals surface area contributed by atoms with Crippen LogP contribution in [0, 0.1) is 22.3 Å². The zero-order valence-electron chi connectivity index (χ0n) is 53.0. The Balaban J connectivity index is -0.0000000570. The topological polar surface area (TPSA) is 238 Å². The second-order valence-electron chi connectivity index (χ2n) is 16.4. The van der Waals surface area contributed by atoms with Crippen LogP contribution in [0.4, 0.5) is 0 Å². The first kappa shape index (κ1) is 128. The molecule has 4 aliphatic heterocycles. The second kappa shape index (κ2) is 87.0. The summed E-state index contributed by atoms with van der Waals surface area (Å²) in [6.07, 6.45) is 5.70. The Bertz CT molecular complexity index is 2030. The molecule has 90 heavy (non-hydrogen) atoms.